The highest BCUT2D eigenvalue weighted by molar-refractivity contribution is 5.52. The van der Waals surface area contributed by atoms with Gasteiger partial charge >= 0.3 is 0 Å². The predicted octanol–water partition coefficient (Wildman–Crippen LogP) is 2.13. The molecule has 2 rings (SSSR count). The van der Waals surface area contributed by atoms with Gasteiger partial charge < -0.3 is 14.0 Å². The van der Waals surface area contributed by atoms with Crippen LogP contribution in [0.25, 0.3) is 0 Å². The third-order valence-electron chi connectivity index (χ3n) is 2.17. The molecule has 0 unspecified atom stereocenters. The number of aromatic nitrogens is 1. The third-order valence-corrected chi connectivity index (χ3v) is 2.17. The Morgan fingerprint density at radius 3 is 2.94 bits per heavy atom. The minimum atomic E-state index is 0.228. The van der Waals surface area contributed by atoms with Gasteiger partial charge in [-0.2, -0.15) is 5.26 Å². The molecule has 17 heavy (non-hydrogen) atoms. The van der Waals surface area contributed by atoms with Gasteiger partial charge in [0, 0.05) is 6.07 Å². The summed E-state index contributed by atoms with van der Waals surface area (Å²) in [4.78, 5) is 0. The Morgan fingerprint density at radius 1 is 1.41 bits per heavy atom. The molecule has 1 heterocycles. The van der Waals surface area contributed by atoms with Crippen LogP contribution in [-0.2, 0) is 6.61 Å². The molecule has 0 aliphatic carbocycles. The summed E-state index contributed by atoms with van der Waals surface area (Å²) in [6.45, 7) is 0.228. The molecule has 1 aromatic carbocycles. The predicted molar refractivity (Wildman–Crippen MR) is 58.5 cm³/mol. The van der Waals surface area contributed by atoms with Crippen LogP contribution < -0.4 is 9.47 Å². The van der Waals surface area contributed by atoms with Crippen molar-refractivity contribution >= 4 is 0 Å². The molecule has 5 heteroatoms. The van der Waals surface area contributed by atoms with Crippen LogP contribution in [0.4, 0.5) is 0 Å². The Balaban J connectivity index is 2.22. The fraction of sp³-hybridized carbons (Fsp3) is 0.167. The number of nitriles is 1. The van der Waals surface area contributed by atoms with Gasteiger partial charge in [-0.1, -0.05) is 11.2 Å². The number of methoxy groups -OCH3 is 1. The number of hydrogen-bond donors (Lipinski definition) is 0. The first-order chi connectivity index (χ1) is 8.35. The zero-order valence-electron chi connectivity index (χ0n) is 9.21. The van der Waals surface area contributed by atoms with E-state index in [4.69, 9.17) is 14.7 Å². The lowest BCUT2D eigenvalue weighted by molar-refractivity contribution is 0.271. The second-order valence-electron chi connectivity index (χ2n) is 3.23. The SMILES string of the molecule is COc1cccc(C#N)c1OCc1ccon1. The van der Waals surface area contributed by atoms with E-state index in [9.17, 15) is 0 Å². The van der Waals surface area contributed by atoms with Crippen LogP contribution in [0.2, 0.25) is 0 Å². The van der Waals surface area contributed by atoms with Gasteiger partial charge in [0.1, 0.15) is 24.6 Å². The maximum atomic E-state index is 8.98. The van der Waals surface area contributed by atoms with Crippen LogP contribution in [0.15, 0.2) is 35.1 Å². The highest BCUT2D eigenvalue weighted by Gasteiger charge is 2.10. The van der Waals surface area contributed by atoms with Gasteiger partial charge in [-0.3, -0.25) is 0 Å². The monoisotopic (exact) mass is 230 g/mol. The summed E-state index contributed by atoms with van der Waals surface area (Å²) < 4.78 is 15.4. The van der Waals surface area contributed by atoms with Crippen molar-refractivity contribution in [3.8, 4) is 17.6 Å². The molecule has 5 nitrogen and oxygen atoms in total. The molecule has 86 valence electrons. The topological polar surface area (TPSA) is 68.3 Å². The van der Waals surface area contributed by atoms with E-state index in [1.165, 1.54) is 13.4 Å². The van der Waals surface area contributed by atoms with E-state index in [1.54, 1.807) is 24.3 Å². The lowest BCUT2D eigenvalue weighted by atomic mass is 10.2. The lowest BCUT2D eigenvalue weighted by Gasteiger charge is -2.10. The molecule has 0 aliphatic heterocycles. The molecular weight excluding hydrogens is 220 g/mol. The second-order valence-corrected chi connectivity index (χ2v) is 3.23. The molecule has 0 bridgehead atoms. The highest BCUT2D eigenvalue weighted by Crippen LogP contribution is 2.30. The highest BCUT2D eigenvalue weighted by atomic mass is 16.5. The van der Waals surface area contributed by atoms with E-state index in [0.717, 1.165) is 0 Å². The van der Waals surface area contributed by atoms with Crippen LogP contribution >= 0.6 is 0 Å². The standard InChI is InChI=1S/C12H10N2O3/c1-15-11-4-2-3-9(7-13)12(11)16-8-10-5-6-17-14-10/h2-6H,8H2,1H3. The van der Waals surface area contributed by atoms with Gasteiger partial charge in [-0.25, -0.2) is 0 Å². The fourth-order valence-corrected chi connectivity index (χ4v) is 1.37. The number of nitrogens with zero attached hydrogens (tertiary/aromatic N) is 2. The van der Waals surface area contributed by atoms with Gasteiger partial charge in [0.15, 0.2) is 11.5 Å². The Morgan fingerprint density at radius 2 is 2.29 bits per heavy atom. The lowest BCUT2D eigenvalue weighted by Crippen LogP contribution is -1.99. The van der Waals surface area contributed by atoms with Gasteiger partial charge in [0.25, 0.3) is 0 Å². The van der Waals surface area contributed by atoms with E-state index in [2.05, 4.69) is 15.7 Å². The molecule has 0 aliphatic rings. The number of hydrogen-bond acceptors (Lipinski definition) is 5. The van der Waals surface area contributed by atoms with E-state index in [1.807, 2.05) is 0 Å². The van der Waals surface area contributed by atoms with Gasteiger partial charge in [-0.05, 0) is 12.1 Å². The van der Waals surface area contributed by atoms with Crippen molar-refractivity contribution in [1.29, 1.82) is 5.26 Å². The first kappa shape index (κ1) is 11.0. The second kappa shape index (κ2) is 5.03. The van der Waals surface area contributed by atoms with Crippen LogP contribution in [0.1, 0.15) is 11.3 Å². The molecule has 0 spiro atoms. The third kappa shape index (κ3) is 2.37. The molecule has 0 amide bonds. The van der Waals surface area contributed by atoms with E-state index in [-0.39, 0.29) is 6.61 Å². The Hall–Kier alpha value is -2.48. The van der Waals surface area contributed by atoms with Crippen molar-refractivity contribution in [2.75, 3.05) is 7.11 Å². The van der Waals surface area contributed by atoms with Crippen molar-refractivity contribution < 1.29 is 14.0 Å². The Bertz CT molecular complexity index is 529. The normalized spacial score (nSPS) is 9.65. The summed E-state index contributed by atoms with van der Waals surface area (Å²) >= 11 is 0. The molecule has 0 N–H and O–H groups in total. The molecule has 0 atom stereocenters. The zero-order valence-corrected chi connectivity index (χ0v) is 9.21. The van der Waals surface area contributed by atoms with Gasteiger partial charge in [-0.15, -0.1) is 0 Å². The molecule has 0 saturated heterocycles. The fourth-order valence-electron chi connectivity index (χ4n) is 1.37. The molecular formula is C12H10N2O3. The van der Waals surface area contributed by atoms with Crippen LogP contribution in [0.3, 0.4) is 0 Å². The summed E-state index contributed by atoms with van der Waals surface area (Å²) in [7, 11) is 1.53. The van der Waals surface area contributed by atoms with Crippen LogP contribution in [-0.4, -0.2) is 12.3 Å². The van der Waals surface area contributed by atoms with Crippen LogP contribution in [0, 0.1) is 11.3 Å². The first-order valence-corrected chi connectivity index (χ1v) is 4.94. The van der Waals surface area contributed by atoms with Gasteiger partial charge in [0.2, 0.25) is 0 Å². The smallest absolute Gasteiger partial charge is 0.179 e. The van der Waals surface area contributed by atoms with Crippen molar-refractivity contribution in [2.24, 2.45) is 0 Å². The number of para-hydroxylation sites is 1. The molecule has 0 saturated carbocycles. The van der Waals surface area contributed by atoms with Crippen molar-refractivity contribution in [2.45, 2.75) is 6.61 Å². The van der Waals surface area contributed by atoms with Gasteiger partial charge in [0.05, 0.1) is 12.7 Å². The molecule has 1 aromatic heterocycles. The Labute approximate surface area is 98.2 Å². The Kier molecular flexibility index (Phi) is 3.26. The minimum absolute atomic E-state index is 0.228. The summed E-state index contributed by atoms with van der Waals surface area (Å²) in [5, 5.41) is 12.7. The van der Waals surface area contributed by atoms with E-state index < -0.39 is 0 Å². The first-order valence-electron chi connectivity index (χ1n) is 4.94. The minimum Gasteiger partial charge on any atom is -0.493 e. The molecule has 2 aromatic rings. The van der Waals surface area contributed by atoms with Crippen LogP contribution in [0.5, 0.6) is 11.5 Å². The average molecular weight is 230 g/mol. The van der Waals surface area contributed by atoms with E-state index >= 15 is 0 Å². The van der Waals surface area contributed by atoms with Crippen molar-refractivity contribution in [3.63, 3.8) is 0 Å². The summed E-state index contributed by atoms with van der Waals surface area (Å²) in [5.74, 6) is 0.938. The maximum Gasteiger partial charge on any atom is 0.179 e. The number of ether oxygens (including phenoxy) is 2. The van der Waals surface area contributed by atoms with Crippen molar-refractivity contribution in [1.82, 2.24) is 5.16 Å². The number of rotatable bonds is 4. The van der Waals surface area contributed by atoms with Crippen molar-refractivity contribution in [3.05, 3.63) is 41.8 Å². The number of benzene rings is 1. The zero-order chi connectivity index (χ0) is 12.1. The largest absolute Gasteiger partial charge is 0.493 e. The summed E-state index contributed by atoms with van der Waals surface area (Å²) in [5.41, 5.74) is 1.08. The maximum absolute atomic E-state index is 8.98. The summed E-state index contributed by atoms with van der Waals surface area (Å²) in [6.07, 6.45) is 1.46. The summed E-state index contributed by atoms with van der Waals surface area (Å²) in [6, 6.07) is 8.89. The van der Waals surface area contributed by atoms with E-state index in [0.29, 0.717) is 22.8 Å². The molecule has 0 radical (unpaired) electrons. The quantitative estimate of drug-likeness (QED) is 0.804. The average Bonchev–Trinajstić information content (AvgIpc) is 2.88. The molecule has 0 fully saturated rings.